The molecule has 0 bridgehead atoms. The van der Waals surface area contributed by atoms with Gasteiger partial charge >= 0.3 is 0 Å². The predicted octanol–water partition coefficient (Wildman–Crippen LogP) is 5.29. The summed E-state index contributed by atoms with van der Waals surface area (Å²) in [5.74, 6) is -0.507. The van der Waals surface area contributed by atoms with Gasteiger partial charge in [-0.3, -0.25) is 9.59 Å². The summed E-state index contributed by atoms with van der Waals surface area (Å²) in [6.45, 7) is 7.93. The SMILES string of the molecule is Cc1ccc(S(=O)(=O)N(C)C[C@@H]2OCCCC[C@H](C)Oc3ccc(NC(=O)Cc4ccccc4)cc3C(=O)N([C@@H](C)CO)C[C@H]2C)cc1. The maximum Gasteiger partial charge on any atom is 0.258 e. The number of hydrogen-bond acceptors (Lipinski definition) is 7. The highest BCUT2D eigenvalue weighted by atomic mass is 32.2. The van der Waals surface area contributed by atoms with Crippen LogP contribution < -0.4 is 10.1 Å². The van der Waals surface area contributed by atoms with Gasteiger partial charge in [0.15, 0.2) is 0 Å². The molecule has 10 nitrogen and oxygen atoms in total. The minimum absolute atomic E-state index is 0.0839. The molecule has 11 heteroatoms. The molecule has 3 aromatic rings. The zero-order chi connectivity index (χ0) is 34.8. The fourth-order valence-corrected chi connectivity index (χ4v) is 6.87. The van der Waals surface area contributed by atoms with E-state index in [0.29, 0.717) is 24.5 Å². The highest BCUT2D eigenvalue weighted by Gasteiger charge is 2.32. The van der Waals surface area contributed by atoms with Crippen LogP contribution in [0.4, 0.5) is 5.69 Å². The van der Waals surface area contributed by atoms with E-state index < -0.39 is 22.2 Å². The van der Waals surface area contributed by atoms with Crippen molar-refractivity contribution < 1.29 is 32.6 Å². The average Bonchev–Trinajstić information content (AvgIpc) is 3.06. The first-order valence-corrected chi connectivity index (χ1v) is 18.0. The van der Waals surface area contributed by atoms with Gasteiger partial charge in [-0.05, 0) is 75.9 Å². The lowest BCUT2D eigenvalue weighted by molar-refractivity contribution is -0.115. The number of anilines is 1. The third-order valence-electron chi connectivity index (χ3n) is 8.71. The summed E-state index contributed by atoms with van der Waals surface area (Å²) >= 11 is 0. The number of carbonyl (C=O) groups excluding carboxylic acids is 2. The van der Waals surface area contributed by atoms with Crippen molar-refractivity contribution in [2.45, 2.75) is 76.5 Å². The van der Waals surface area contributed by atoms with Gasteiger partial charge < -0.3 is 24.8 Å². The van der Waals surface area contributed by atoms with Crippen molar-refractivity contribution in [2.75, 3.05) is 38.7 Å². The van der Waals surface area contributed by atoms with E-state index in [9.17, 15) is 23.1 Å². The minimum atomic E-state index is -3.79. The number of ether oxygens (including phenoxy) is 2. The highest BCUT2D eigenvalue weighted by Crippen LogP contribution is 2.29. The van der Waals surface area contributed by atoms with Crippen LogP contribution in [0, 0.1) is 12.8 Å². The Morgan fingerprint density at radius 1 is 1.06 bits per heavy atom. The number of fused-ring (bicyclic) bond motifs is 1. The maximum absolute atomic E-state index is 14.4. The highest BCUT2D eigenvalue weighted by molar-refractivity contribution is 7.89. The summed E-state index contributed by atoms with van der Waals surface area (Å²) in [7, 11) is -2.24. The Hall–Kier alpha value is -3.77. The number of carbonyl (C=O) groups is 2. The largest absolute Gasteiger partial charge is 0.490 e. The van der Waals surface area contributed by atoms with Crippen LogP contribution in [0.1, 0.15) is 61.5 Å². The summed E-state index contributed by atoms with van der Waals surface area (Å²) in [6.07, 6.45) is 1.72. The zero-order valence-corrected chi connectivity index (χ0v) is 29.4. The van der Waals surface area contributed by atoms with Crippen molar-refractivity contribution in [3.8, 4) is 5.75 Å². The topological polar surface area (TPSA) is 125 Å². The number of amides is 2. The monoisotopic (exact) mass is 679 g/mol. The lowest BCUT2D eigenvalue weighted by atomic mass is 10.0. The second kappa shape index (κ2) is 17.1. The van der Waals surface area contributed by atoms with Crippen molar-refractivity contribution >= 4 is 27.5 Å². The molecule has 1 heterocycles. The third kappa shape index (κ3) is 9.88. The number of rotatable bonds is 9. The summed E-state index contributed by atoms with van der Waals surface area (Å²) < 4.78 is 40.9. The summed E-state index contributed by atoms with van der Waals surface area (Å²) in [5.41, 5.74) is 2.55. The van der Waals surface area contributed by atoms with E-state index in [-0.39, 0.29) is 60.4 Å². The van der Waals surface area contributed by atoms with Gasteiger partial charge in [0.2, 0.25) is 15.9 Å². The fraction of sp³-hybridized carbons (Fsp3) is 0.459. The summed E-state index contributed by atoms with van der Waals surface area (Å²) in [4.78, 5) is 29.0. The number of likely N-dealkylation sites (N-methyl/N-ethyl adjacent to an activating group) is 1. The Labute approximate surface area is 285 Å². The number of aryl methyl sites for hydroxylation is 1. The van der Waals surface area contributed by atoms with Crippen LogP contribution in [0.2, 0.25) is 0 Å². The molecule has 0 saturated carbocycles. The number of sulfonamides is 1. The van der Waals surface area contributed by atoms with E-state index in [1.807, 2.05) is 51.1 Å². The molecule has 48 heavy (non-hydrogen) atoms. The first-order chi connectivity index (χ1) is 22.9. The van der Waals surface area contributed by atoms with Gasteiger partial charge in [-0.15, -0.1) is 0 Å². The molecule has 0 fully saturated rings. The molecule has 4 rings (SSSR count). The molecule has 4 atom stereocenters. The van der Waals surface area contributed by atoms with Crippen molar-refractivity contribution in [3.63, 3.8) is 0 Å². The summed E-state index contributed by atoms with van der Waals surface area (Å²) in [5, 5.41) is 13.1. The second-order valence-electron chi connectivity index (χ2n) is 12.8. The van der Waals surface area contributed by atoms with Crippen LogP contribution in [0.3, 0.4) is 0 Å². The zero-order valence-electron chi connectivity index (χ0n) is 28.6. The molecular weight excluding hydrogens is 630 g/mol. The molecule has 0 spiro atoms. The van der Waals surface area contributed by atoms with Crippen LogP contribution in [-0.4, -0.2) is 86.1 Å². The molecular formula is C37H49N3O7S. The maximum atomic E-state index is 14.4. The average molecular weight is 680 g/mol. The normalized spacial score (nSPS) is 20.4. The summed E-state index contributed by atoms with van der Waals surface area (Å²) in [6, 6.07) is 20.6. The van der Waals surface area contributed by atoms with Crippen LogP contribution >= 0.6 is 0 Å². The van der Waals surface area contributed by atoms with Gasteiger partial charge in [-0.2, -0.15) is 4.31 Å². The lowest BCUT2D eigenvalue weighted by Crippen LogP contribution is -2.48. The standard InChI is InChI=1S/C37H49N3O7S/c1-26-14-17-32(18-15-26)48(44,45)39(5)24-35-27(2)23-40(28(3)25-41)37(43)33-22-31(38-36(42)21-30-12-7-6-8-13-30)16-19-34(33)47-29(4)11-9-10-20-46-35/h6-8,12-19,22,27-29,35,41H,9-11,20-21,23-25H2,1-5H3,(H,38,42)/t27-,28+,29+,35+/m1/s1. The molecule has 2 N–H and O–H groups in total. The smallest absolute Gasteiger partial charge is 0.258 e. The first-order valence-electron chi connectivity index (χ1n) is 16.6. The lowest BCUT2D eigenvalue weighted by Gasteiger charge is -2.35. The predicted molar refractivity (Wildman–Crippen MR) is 187 cm³/mol. The molecule has 0 saturated heterocycles. The Morgan fingerprint density at radius 2 is 1.77 bits per heavy atom. The fourth-order valence-electron chi connectivity index (χ4n) is 5.69. The van der Waals surface area contributed by atoms with Gasteiger partial charge in [0.25, 0.3) is 5.91 Å². The third-order valence-corrected chi connectivity index (χ3v) is 10.5. The first kappa shape index (κ1) is 37.1. The number of nitrogens with zero attached hydrogens (tertiary/aromatic N) is 2. The van der Waals surface area contributed by atoms with Gasteiger partial charge in [0, 0.05) is 38.3 Å². The number of aliphatic hydroxyl groups is 1. The van der Waals surface area contributed by atoms with Gasteiger partial charge in [0.1, 0.15) is 5.75 Å². The van der Waals surface area contributed by atoms with Gasteiger partial charge in [-0.1, -0.05) is 55.0 Å². The van der Waals surface area contributed by atoms with E-state index in [1.54, 1.807) is 61.3 Å². The molecule has 0 unspecified atom stereocenters. The van der Waals surface area contributed by atoms with Crippen LogP contribution in [0.15, 0.2) is 77.7 Å². The number of nitrogens with one attached hydrogen (secondary N) is 1. The Morgan fingerprint density at radius 3 is 2.46 bits per heavy atom. The minimum Gasteiger partial charge on any atom is -0.490 e. The molecule has 3 aromatic carbocycles. The van der Waals surface area contributed by atoms with Crippen LogP contribution in [0.25, 0.3) is 0 Å². The van der Waals surface area contributed by atoms with Crippen LogP contribution in [0.5, 0.6) is 5.75 Å². The molecule has 0 aliphatic carbocycles. The molecule has 0 aromatic heterocycles. The van der Waals surface area contributed by atoms with Crippen molar-refractivity contribution in [1.82, 2.24) is 9.21 Å². The van der Waals surface area contributed by atoms with Crippen molar-refractivity contribution in [1.29, 1.82) is 0 Å². The van der Waals surface area contributed by atoms with Crippen LogP contribution in [-0.2, 0) is 26.0 Å². The Bertz CT molecular complexity index is 1620. The molecule has 1 aliphatic rings. The number of benzene rings is 3. The second-order valence-corrected chi connectivity index (χ2v) is 14.9. The van der Waals surface area contributed by atoms with E-state index in [0.717, 1.165) is 24.0 Å². The van der Waals surface area contributed by atoms with E-state index >= 15 is 0 Å². The van der Waals surface area contributed by atoms with E-state index in [4.69, 9.17) is 9.47 Å². The van der Waals surface area contributed by atoms with E-state index in [2.05, 4.69) is 5.32 Å². The molecule has 1 aliphatic heterocycles. The number of aliphatic hydroxyl groups excluding tert-OH is 1. The van der Waals surface area contributed by atoms with E-state index in [1.165, 1.54) is 4.31 Å². The quantitative estimate of drug-likeness (QED) is 0.315. The van der Waals surface area contributed by atoms with Gasteiger partial charge in [0.05, 0.1) is 41.7 Å². The molecule has 260 valence electrons. The van der Waals surface area contributed by atoms with Crippen molar-refractivity contribution in [3.05, 3.63) is 89.5 Å². The Balaban J connectivity index is 1.62. The van der Waals surface area contributed by atoms with Gasteiger partial charge in [-0.25, -0.2) is 8.42 Å². The van der Waals surface area contributed by atoms with Crippen molar-refractivity contribution in [2.24, 2.45) is 5.92 Å². The molecule has 0 radical (unpaired) electrons. The molecule has 2 amide bonds. The Kier molecular flexibility index (Phi) is 13.2. The number of hydrogen-bond donors (Lipinski definition) is 2.